The van der Waals surface area contributed by atoms with Crippen LogP contribution in [0.25, 0.3) is 0 Å². The highest BCUT2D eigenvalue weighted by Crippen LogP contribution is 2.25. The molecule has 0 amide bonds. The van der Waals surface area contributed by atoms with Crippen molar-refractivity contribution in [1.29, 1.82) is 0 Å². The average Bonchev–Trinajstić information content (AvgIpc) is 3.47. The summed E-state index contributed by atoms with van der Waals surface area (Å²) >= 11 is 1.76. The molecule has 166 valence electrons. The minimum atomic E-state index is 0. The fraction of sp³-hybridized carbons (Fsp3) is 0.609. The van der Waals surface area contributed by atoms with Crippen molar-refractivity contribution in [1.82, 2.24) is 15.5 Å². The number of hydrogen-bond acceptors (Lipinski definition) is 4. The number of thiophene rings is 1. The molecule has 2 fully saturated rings. The van der Waals surface area contributed by atoms with Crippen LogP contribution in [0.3, 0.4) is 0 Å². The Hall–Kier alpha value is -1.06. The minimum absolute atomic E-state index is 0. The molecular formula is C23H35IN4OS. The Morgan fingerprint density at radius 3 is 2.63 bits per heavy atom. The molecule has 0 unspecified atom stereocenters. The van der Waals surface area contributed by atoms with Gasteiger partial charge in [-0.25, -0.2) is 4.99 Å². The second-order valence-corrected chi connectivity index (χ2v) is 9.28. The van der Waals surface area contributed by atoms with Gasteiger partial charge in [0, 0.05) is 43.0 Å². The summed E-state index contributed by atoms with van der Waals surface area (Å²) in [6.45, 7) is 3.99. The van der Waals surface area contributed by atoms with Gasteiger partial charge in [-0.2, -0.15) is 0 Å². The first-order chi connectivity index (χ1) is 14.4. The van der Waals surface area contributed by atoms with E-state index >= 15 is 0 Å². The Balaban J connectivity index is 0.00000256. The molecule has 7 heteroatoms. The molecule has 0 radical (unpaired) electrons. The largest absolute Gasteiger partial charge is 0.469 e. The zero-order valence-corrected chi connectivity index (χ0v) is 20.9. The maximum atomic E-state index is 5.45. The van der Waals surface area contributed by atoms with Crippen molar-refractivity contribution < 1.29 is 4.42 Å². The van der Waals surface area contributed by atoms with Crippen molar-refractivity contribution in [3.05, 3.63) is 46.5 Å². The molecule has 2 aromatic heterocycles. The molecule has 2 aliphatic rings. The summed E-state index contributed by atoms with van der Waals surface area (Å²) in [4.78, 5) is 8.88. The van der Waals surface area contributed by atoms with Gasteiger partial charge < -0.3 is 20.0 Å². The summed E-state index contributed by atoms with van der Waals surface area (Å²) in [6.07, 6.45) is 12.1. The molecule has 2 aromatic rings. The third kappa shape index (κ3) is 7.27. The van der Waals surface area contributed by atoms with Crippen LogP contribution in [-0.4, -0.2) is 42.6 Å². The molecule has 2 N–H and O–H groups in total. The van der Waals surface area contributed by atoms with Gasteiger partial charge >= 0.3 is 0 Å². The number of nitrogens with one attached hydrogen (secondary N) is 2. The van der Waals surface area contributed by atoms with Gasteiger partial charge in [0.1, 0.15) is 5.76 Å². The predicted octanol–water partition coefficient (Wildman–Crippen LogP) is 5.03. The smallest absolute Gasteiger partial charge is 0.191 e. The fourth-order valence-electron chi connectivity index (χ4n) is 4.52. The van der Waals surface area contributed by atoms with Crippen molar-refractivity contribution in [2.24, 2.45) is 4.99 Å². The maximum absolute atomic E-state index is 5.45. The Morgan fingerprint density at radius 1 is 1.10 bits per heavy atom. The van der Waals surface area contributed by atoms with E-state index in [0.717, 1.165) is 37.3 Å². The lowest BCUT2D eigenvalue weighted by atomic mass is 9.92. The van der Waals surface area contributed by atoms with Crippen molar-refractivity contribution in [2.45, 2.75) is 70.0 Å². The summed E-state index contributed by atoms with van der Waals surface area (Å²) in [5.41, 5.74) is 0. The number of likely N-dealkylation sites (tertiary alicyclic amines) is 1. The van der Waals surface area contributed by atoms with E-state index < -0.39 is 0 Å². The second kappa shape index (κ2) is 12.7. The van der Waals surface area contributed by atoms with Gasteiger partial charge in [0.2, 0.25) is 0 Å². The molecular weight excluding hydrogens is 507 g/mol. The zero-order chi connectivity index (χ0) is 19.7. The summed E-state index contributed by atoms with van der Waals surface area (Å²) in [5.74, 6) is 1.94. The summed E-state index contributed by atoms with van der Waals surface area (Å²) < 4.78 is 5.45. The topological polar surface area (TPSA) is 52.8 Å². The summed E-state index contributed by atoms with van der Waals surface area (Å²) in [7, 11) is 0. The van der Waals surface area contributed by atoms with E-state index in [1.54, 1.807) is 17.6 Å². The molecule has 4 rings (SSSR count). The molecule has 0 atom stereocenters. The van der Waals surface area contributed by atoms with Crippen LogP contribution in [0.1, 0.15) is 55.6 Å². The molecule has 3 heterocycles. The molecule has 1 aliphatic carbocycles. The van der Waals surface area contributed by atoms with Crippen LogP contribution in [0.5, 0.6) is 0 Å². The van der Waals surface area contributed by atoms with Gasteiger partial charge in [0.15, 0.2) is 5.96 Å². The van der Waals surface area contributed by atoms with E-state index in [0.29, 0.717) is 6.04 Å². The van der Waals surface area contributed by atoms with Crippen molar-refractivity contribution in [2.75, 3.05) is 19.6 Å². The Morgan fingerprint density at radius 2 is 1.93 bits per heavy atom. The normalized spacial score (nSPS) is 19.4. The molecule has 0 spiro atoms. The molecule has 1 saturated heterocycles. The molecule has 1 aliphatic heterocycles. The highest BCUT2D eigenvalue weighted by atomic mass is 127. The number of halogens is 1. The second-order valence-electron chi connectivity index (χ2n) is 8.25. The lowest BCUT2D eigenvalue weighted by Crippen LogP contribution is -2.51. The number of hydrogen-bond donors (Lipinski definition) is 2. The third-order valence-electron chi connectivity index (χ3n) is 6.18. The summed E-state index contributed by atoms with van der Waals surface area (Å²) in [5, 5.41) is 9.33. The van der Waals surface area contributed by atoms with E-state index in [1.807, 2.05) is 12.1 Å². The van der Waals surface area contributed by atoms with Crippen LogP contribution < -0.4 is 10.6 Å². The monoisotopic (exact) mass is 542 g/mol. The van der Waals surface area contributed by atoms with Gasteiger partial charge in [-0.1, -0.05) is 25.3 Å². The Kier molecular flexibility index (Phi) is 10.00. The third-order valence-corrected chi connectivity index (χ3v) is 7.04. The van der Waals surface area contributed by atoms with Crippen LogP contribution in [0.4, 0.5) is 0 Å². The van der Waals surface area contributed by atoms with Crippen molar-refractivity contribution >= 4 is 41.3 Å². The lowest BCUT2D eigenvalue weighted by Gasteiger charge is -2.39. The molecule has 0 aromatic carbocycles. The fourth-order valence-corrected chi connectivity index (χ4v) is 5.15. The van der Waals surface area contributed by atoms with Crippen molar-refractivity contribution in [3.8, 4) is 0 Å². The predicted molar refractivity (Wildman–Crippen MR) is 136 cm³/mol. The van der Waals surface area contributed by atoms with Gasteiger partial charge in [-0.15, -0.1) is 35.3 Å². The number of piperidine rings is 1. The Bertz CT molecular complexity index is 720. The molecule has 0 bridgehead atoms. The van der Waals surface area contributed by atoms with Gasteiger partial charge in [-0.05, 0) is 49.3 Å². The van der Waals surface area contributed by atoms with E-state index in [9.17, 15) is 0 Å². The van der Waals surface area contributed by atoms with Gasteiger partial charge in [0.25, 0.3) is 0 Å². The van der Waals surface area contributed by atoms with Crippen LogP contribution >= 0.6 is 35.3 Å². The van der Waals surface area contributed by atoms with Crippen LogP contribution in [0.2, 0.25) is 0 Å². The van der Waals surface area contributed by atoms with E-state index in [4.69, 9.17) is 9.41 Å². The number of guanidine groups is 1. The molecule has 30 heavy (non-hydrogen) atoms. The summed E-state index contributed by atoms with van der Waals surface area (Å²) in [6, 6.07) is 9.56. The number of nitrogens with zero attached hydrogens (tertiary/aromatic N) is 2. The first-order valence-electron chi connectivity index (χ1n) is 11.2. The number of furan rings is 1. The Labute approximate surface area is 201 Å². The molecule has 5 nitrogen and oxygen atoms in total. The lowest BCUT2D eigenvalue weighted by molar-refractivity contribution is 0.119. The van der Waals surface area contributed by atoms with Crippen LogP contribution in [0, 0.1) is 0 Å². The van der Waals surface area contributed by atoms with Crippen LogP contribution in [0.15, 0.2) is 45.3 Å². The van der Waals surface area contributed by atoms with Gasteiger partial charge in [-0.3, -0.25) is 0 Å². The number of rotatable bonds is 7. The minimum Gasteiger partial charge on any atom is -0.469 e. The van der Waals surface area contributed by atoms with Crippen molar-refractivity contribution in [3.63, 3.8) is 0 Å². The zero-order valence-electron chi connectivity index (χ0n) is 17.7. The maximum Gasteiger partial charge on any atom is 0.191 e. The van der Waals surface area contributed by atoms with Gasteiger partial charge in [0.05, 0.1) is 12.8 Å². The SMILES string of the molecule is I.c1coc(CCNC(=NCc2cccs2)NC2CCN(C3CCCCC3)CC2)c1. The van der Waals surface area contributed by atoms with E-state index in [2.05, 4.69) is 33.0 Å². The first kappa shape index (κ1) is 23.6. The standard InChI is InChI=1S/C23H34N4OS.HI/c1-2-6-20(7-3-1)27-14-11-19(12-15-27)26-23(25-18-22-9-5-17-29-22)24-13-10-21-8-4-16-28-21;/h4-5,8-9,16-17,19-20H,1-3,6-7,10-15,18H2,(H2,24,25,26);1H. The van der Waals surface area contributed by atoms with E-state index in [-0.39, 0.29) is 24.0 Å². The number of aliphatic imine (C=N–C) groups is 1. The average molecular weight is 543 g/mol. The highest BCUT2D eigenvalue weighted by Gasteiger charge is 2.26. The van der Waals surface area contributed by atoms with E-state index in [1.165, 1.54) is 62.9 Å². The molecule has 1 saturated carbocycles. The van der Waals surface area contributed by atoms with Crippen LogP contribution in [-0.2, 0) is 13.0 Å². The first-order valence-corrected chi connectivity index (χ1v) is 12.1. The highest BCUT2D eigenvalue weighted by molar-refractivity contribution is 14.0. The quantitative estimate of drug-likeness (QED) is 0.293.